The molecular weight excluding hydrogens is 364 g/mol. The predicted octanol–water partition coefficient (Wildman–Crippen LogP) is 1.68. The standard InChI is InChI=1S/C16H22N4O3S.ClH/c1-17-10-13-6-5-9-20(13)24(21,22)14-11-18-19(12-14)15-7-3-4-8-16(15)23-2;/h3-4,7-8,11-13,17H,5-6,9-10H2,1-2H3;1H. The number of rotatable bonds is 6. The van der Waals surface area contributed by atoms with Crippen LogP contribution in [0.5, 0.6) is 5.75 Å². The number of likely N-dealkylation sites (N-methyl/N-ethyl adjacent to an activating group) is 1. The summed E-state index contributed by atoms with van der Waals surface area (Å²) in [6, 6.07) is 7.36. The molecule has 0 spiro atoms. The first kappa shape index (κ1) is 19.7. The van der Waals surface area contributed by atoms with E-state index in [0.29, 0.717) is 24.5 Å². The zero-order chi connectivity index (χ0) is 17.2. The van der Waals surface area contributed by atoms with Gasteiger partial charge in [-0.15, -0.1) is 12.4 Å². The lowest BCUT2D eigenvalue weighted by Crippen LogP contribution is -2.40. The summed E-state index contributed by atoms with van der Waals surface area (Å²) < 4.78 is 34.3. The summed E-state index contributed by atoms with van der Waals surface area (Å²) in [5, 5.41) is 7.28. The van der Waals surface area contributed by atoms with Crippen molar-refractivity contribution in [3.05, 3.63) is 36.7 Å². The molecule has 2 aromatic rings. The molecule has 1 saturated heterocycles. The molecule has 0 saturated carbocycles. The minimum absolute atomic E-state index is 0. The van der Waals surface area contributed by atoms with Gasteiger partial charge in [-0.05, 0) is 32.0 Å². The summed E-state index contributed by atoms with van der Waals surface area (Å²) in [6.45, 7) is 1.20. The van der Waals surface area contributed by atoms with Crippen LogP contribution in [0.4, 0.5) is 0 Å². The molecule has 0 bridgehead atoms. The first-order valence-electron chi connectivity index (χ1n) is 7.92. The third-order valence-electron chi connectivity index (χ3n) is 4.26. The van der Waals surface area contributed by atoms with Crippen LogP contribution in [-0.4, -0.2) is 55.8 Å². The van der Waals surface area contributed by atoms with Gasteiger partial charge >= 0.3 is 0 Å². The number of nitrogens with zero attached hydrogens (tertiary/aromatic N) is 3. The molecule has 0 radical (unpaired) electrons. The lowest BCUT2D eigenvalue weighted by molar-refractivity contribution is 0.379. The monoisotopic (exact) mass is 386 g/mol. The van der Waals surface area contributed by atoms with Crippen molar-refractivity contribution in [1.29, 1.82) is 0 Å². The van der Waals surface area contributed by atoms with Crippen molar-refractivity contribution in [2.45, 2.75) is 23.8 Å². The van der Waals surface area contributed by atoms with E-state index in [9.17, 15) is 8.42 Å². The SMILES string of the molecule is CNCC1CCCN1S(=O)(=O)c1cnn(-c2ccccc2OC)c1.Cl. The highest BCUT2D eigenvalue weighted by Gasteiger charge is 2.35. The highest BCUT2D eigenvalue weighted by molar-refractivity contribution is 7.89. The molecule has 1 fully saturated rings. The van der Waals surface area contributed by atoms with E-state index in [4.69, 9.17) is 4.74 Å². The van der Waals surface area contributed by atoms with E-state index < -0.39 is 10.0 Å². The summed E-state index contributed by atoms with van der Waals surface area (Å²) in [7, 11) is -0.136. The molecule has 138 valence electrons. The lowest BCUT2D eigenvalue weighted by atomic mass is 10.2. The van der Waals surface area contributed by atoms with Gasteiger partial charge in [-0.3, -0.25) is 0 Å². The second kappa shape index (κ2) is 8.18. The van der Waals surface area contributed by atoms with Crippen LogP contribution < -0.4 is 10.1 Å². The summed E-state index contributed by atoms with van der Waals surface area (Å²) in [5.74, 6) is 0.638. The average molecular weight is 387 g/mol. The quantitative estimate of drug-likeness (QED) is 0.817. The number of para-hydroxylation sites is 2. The number of hydrogen-bond acceptors (Lipinski definition) is 5. The van der Waals surface area contributed by atoms with Crippen molar-refractivity contribution >= 4 is 22.4 Å². The molecule has 25 heavy (non-hydrogen) atoms. The van der Waals surface area contributed by atoms with Gasteiger partial charge in [-0.1, -0.05) is 12.1 Å². The Morgan fingerprint density at radius 1 is 1.36 bits per heavy atom. The number of ether oxygens (including phenoxy) is 1. The van der Waals surface area contributed by atoms with Gasteiger partial charge in [-0.25, -0.2) is 13.1 Å². The van der Waals surface area contributed by atoms with E-state index in [1.165, 1.54) is 10.9 Å². The van der Waals surface area contributed by atoms with Crippen LogP contribution in [0.2, 0.25) is 0 Å². The Bertz CT molecular complexity index is 809. The molecule has 1 aliphatic rings. The maximum absolute atomic E-state index is 12.9. The normalized spacial score (nSPS) is 18.1. The van der Waals surface area contributed by atoms with Crippen LogP contribution in [0, 0.1) is 0 Å². The Morgan fingerprint density at radius 2 is 2.12 bits per heavy atom. The minimum Gasteiger partial charge on any atom is -0.494 e. The van der Waals surface area contributed by atoms with Crippen LogP contribution in [0.25, 0.3) is 5.69 Å². The molecule has 1 N–H and O–H groups in total. The Kier molecular flexibility index (Phi) is 6.45. The molecule has 2 heterocycles. The number of nitrogens with one attached hydrogen (secondary N) is 1. The Hall–Kier alpha value is -1.61. The third kappa shape index (κ3) is 3.82. The lowest BCUT2D eigenvalue weighted by Gasteiger charge is -2.23. The number of hydrogen-bond donors (Lipinski definition) is 1. The molecule has 9 heteroatoms. The van der Waals surface area contributed by atoms with Crippen molar-refractivity contribution in [3.8, 4) is 11.4 Å². The maximum atomic E-state index is 12.9. The third-order valence-corrected chi connectivity index (χ3v) is 6.17. The van der Waals surface area contributed by atoms with Crippen LogP contribution in [0.15, 0.2) is 41.6 Å². The van der Waals surface area contributed by atoms with E-state index in [1.807, 2.05) is 31.3 Å². The summed E-state index contributed by atoms with van der Waals surface area (Å²) in [6.07, 6.45) is 4.70. The molecule has 1 atom stereocenters. The maximum Gasteiger partial charge on any atom is 0.246 e. The second-order valence-electron chi connectivity index (χ2n) is 5.76. The predicted molar refractivity (Wildman–Crippen MR) is 98.2 cm³/mol. The molecule has 7 nitrogen and oxygen atoms in total. The smallest absolute Gasteiger partial charge is 0.246 e. The summed E-state index contributed by atoms with van der Waals surface area (Å²) in [5.41, 5.74) is 0.703. The molecule has 0 aliphatic carbocycles. The van der Waals surface area contributed by atoms with Gasteiger partial charge in [0, 0.05) is 19.1 Å². The minimum atomic E-state index is -3.55. The number of sulfonamides is 1. The fourth-order valence-electron chi connectivity index (χ4n) is 3.09. The van der Waals surface area contributed by atoms with Crippen molar-refractivity contribution < 1.29 is 13.2 Å². The molecule has 1 aromatic carbocycles. The van der Waals surface area contributed by atoms with Gasteiger partial charge in [0.2, 0.25) is 10.0 Å². The average Bonchev–Trinajstić information content (AvgIpc) is 3.25. The molecule has 1 unspecified atom stereocenters. The fourth-order valence-corrected chi connectivity index (χ4v) is 4.72. The highest BCUT2D eigenvalue weighted by atomic mass is 35.5. The Balaban J connectivity index is 0.00000225. The van der Waals surface area contributed by atoms with Crippen molar-refractivity contribution in [2.24, 2.45) is 0 Å². The first-order valence-corrected chi connectivity index (χ1v) is 9.36. The topological polar surface area (TPSA) is 76.5 Å². The van der Waals surface area contributed by atoms with Gasteiger partial charge in [-0.2, -0.15) is 9.40 Å². The Labute approximate surface area is 154 Å². The zero-order valence-corrected chi connectivity index (χ0v) is 15.9. The van der Waals surface area contributed by atoms with E-state index in [1.54, 1.807) is 17.6 Å². The van der Waals surface area contributed by atoms with Gasteiger partial charge in [0.25, 0.3) is 0 Å². The van der Waals surface area contributed by atoms with Crippen molar-refractivity contribution in [2.75, 3.05) is 27.2 Å². The van der Waals surface area contributed by atoms with Crippen LogP contribution >= 0.6 is 12.4 Å². The van der Waals surface area contributed by atoms with E-state index >= 15 is 0 Å². The van der Waals surface area contributed by atoms with Crippen LogP contribution in [0.3, 0.4) is 0 Å². The van der Waals surface area contributed by atoms with E-state index in [2.05, 4.69) is 10.4 Å². The van der Waals surface area contributed by atoms with Crippen LogP contribution in [-0.2, 0) is 10.0 Å². The molecular formula is C16H23ClN4O3S. The van der Waals surface area contributed by atoms with Crippen molar-refractivity contribution in [3.63, 3.8) is 0 Å². The largest absolute Gasteiger partial charge is 0.494 e. The van der Waals surface area contributed by atoms with E-state index in [-0.39, 0.29) is 23.3 Å². The summed E-state index contributed by atoms with van der Waals surface area (Å²) in [4.78, 5) is 0.205. The molecule has 3 rings (SSSR count). The van der Waals surface area contributed by atoms with Gasteiger partial charge < -0.3 is 10.1 Å². The second-order valence-corrected chi connectivity index (χ2v) is 7.65. The molecule has 0 amide bonds. The van der Waals surface area contributed by atoms with Gasteiger partial charge in [0.1, 0.15) is 16.3 Å². The van der Waals surface area contributed by atoms with Crippen molar-refractivity contribution in [1.82, 2.24) is 19.4 Å². The number of methoxy groups -OCH3 is 1. The number of halogens is 1. The van der Waals surface area contributed by atoms with Gasteiger partial charge in [0.15, 0.2) is 0 Å². The summed E-state index contributed by atoms with van der Waals surface area (Å²) >= 11 is 0. The highest BCUT2D eigenvalue weighted by Crippen LogP contribution is 2.27. The number of aromatic nitrogens is 2. The van der Waals surface area contributed by atoms with E-state index in [0.717, 1.165) is 12.8 Å². The fraction of sp³-hybridized carbons (Fsp3) is 0.438. The van der Waals surface area contributed by atoms with Crippen LogP contribution in [0.1, 0.15) is 12.8 Å². The molecule has 1 aliphatic heterocycles. The Morgan fingerprint density at radius 3 is 2.84 bits per heavy atom. The zero-order valence-electron chi connectivity index (χ0n) is 14.3. The first-order chi connectivity index (χ1) is 11.6. The van der Waals surface area contributed by atoms with Gasteiger partial charge in [0.05, 0.1) is 19.5 Å². The number of benzene rings is 1. The molecule has 1 aromatic heterocycles.